The molecule has 8 heteroatoms. The highest BCUT2D eigenvalue weighted by atomic mass is 19.3. The fraction of sp³-hybridized carbons (Fsp3) is 0.312. The molecule has 1 rings (SSSR count). The van der Waals surface area contributed by atoms with Gasteiger partial charge in [0.1, 0.15) is 13.1 Å². The minimum atomic E-state index is -2.97. The molecule has 0 unspecified atom stereocenters. The van der Waals surface area contributed by atoms with E-state index in [9.17, 15) is 13.6 Å². The molecule has 0 spiro atoms. The SMILES string of the molecule is CCOc1cc(C=CC(=O)N(CC#N)CC#N)ccc1OC(F)F. The predicted molar refractivity (Wildman–Crippen MR) is 81.1 cm³/mol. The minimum absolute atomic E-state index is 0.106. The molecule has 0 aliphatic carbocycles. The zero-order chi connectivity index (χ0) is 17.9. The van der Waals surface area contributed by atoms with Crippen LogP contribution < -0.4 is 9.47 Å². The highest BCUT2D eigenvalue weighted by Gasteiger charge is 2.12. The lowest BCUT2D eigenvalue weighted by Gasteiger charge is -2.13. The van der Waals surface area contributed by atoms with Crippen molar-refractivity contribution < 1.29 is 23.0 Å². The molecule has 0 heterocycles. The van der Waals surface area contributed by atoms with Gasteiger partial charge in [0.05, 0.1) is 18.7 Å². The Labute approximate surface area is 138 Å². The molecule has 0 N–H and O–H groups in total. The van der Waals surface area contributed by atoms with Gasteiger partial charge >= 0.3 is 6.61 Å². The Morgan fingerprint density at radius 3 is 2.50 bits per heavy atom. The van der Waals surface area contributed by atoms with Gasteiger partial charge in [0.25, 0.3) is 0 Å². The maximum absolute atomic E-state index is 12.3. The van der Waals surface area contributed by atoms with E-state index >= 15 is 0 Å². The Morgan fingerprint density at radius 2 is 1.96 bits per heavy atom. The van der Waals surface area contributed by atoms with Crippen molar-refractivity contribution in [3.8, 4) is 23.6 Å². The molecule has 126 valence electrons. The van der Waals surface area contributed by atoms with Crippen molar-refractivity contribution in [3.63, 3.8) is 0 Å². The summed E-state index contributed by atoms with van der Waals surface area (Å²) >= 11 is 0. The number of hydrogen-bond acceptors (Lipinski definition) is 5. The Hall–Kier alpha value is -3.13. The summed E-state index contributed by atoms with van der Waals surface area (Å²) in [6.45, 7) is -1.44. The quantitative estimate of drug-likeness (QED) is 0.538. The molecule has 0 aliphatic rings. The van der Waals surface area contributed by atoms with Crippen LogP contribution in [0.1, 0.15) is 12.5 Å². The van der Waals surface area contributed by atoms with Crippen LogP contribution in [0.4, 0.5) is 8.78 Å². The summed E-state index contributed by atoms with van der Waals surface area (Å²) in [6.07, 6.45) is 2.62. The maximum atomic E-state index is 12.3. The second-order valence-corrected chi connectivity index (χ2v) is 4.36. The van der Waals surface area contributed by atoms with E-state index < -0.39 is 12.5 Å². The minimum Gasteiger partial charge on any atom is -0.490 e. The fourth-order valence-electron chi connectivity index (χ4n) is 1.75. The van der Waals surface area contributed by atoms with Crippen molar-refractivity contribution in [1.82, 2.24) is 4.90 Å². The van der Waals surface area contributed by atoms with Crippen molar-refractivity contribution in [2.24, 2.45) is 0 Å². The molecule has 6 nitrogen and oxygen atoms in total. The van der Waals surface area contributed by atoms with Gasteiger partial charge in [0.2, 0.25) is 5.91 Å². The zero-order valence-corrected chi connectivity index (χ0v) is 12.9. The predicted octanol–water partition coefficient (Wildman–Crippen LogP) is 2.58. The Morgan fingerprint density at radius 1 is 1.29 bits per heavy atom. The third kappa shape index (κ3) is 5.93. The Kier molecular flexibility index (Phi) is 7.72. The highest BCUT2D eigenvalue weighted by molar-refractivity contribution is 5.92. The first kappa shape index (κ1) is 18.9. The third-order valence-electron chi connectivity index (χ3n) is 2.74. The van der Waals surface area contributed by atoms with Crippen molar-refractivity contribution in [2.45, 2.75) is 13.5 Å². The van der Waals surface area contributed by atoms with E-state index in [-0.39, 0.29) is 31.2 Å². The smallest absolute Gasteiger partial charge is 0.387 e. The van der Waals surface area contributed by atoms with Crippen molar-refractivity contribution >= 4 is 12.0 Å². The zero-order valence-electron chi connectivity index (χ0n) is 12.9. The van der Waals surface area contributed by atoms with Gasteiger partial charge in [-0.2, -0.15) is 19.3 Å². The van der Waals surface area contributed by atoms with Gasteiger partial charge in [-0.1, -0.05) is 6.07 Å². The van der Waals surface area contributed by atoms with Gasteiger partial charge in [0, 0.05) is 6.08 Å². The van der Waals surface area contributed by atoms with Crippen LogP contribution in [-0.4, -0.2) is 37.1 Å². The van der Waals surface area contributed by atoms with Crippen LogP contribution in [0.2, 0.25) is 0 Å². The monoisotopic (exact) mass is 335 g/mol. The second kappa shape index (κ2) is 9.80. The summed E-state index contributed by atoms with van der Waals surface area (Å²) in [6, 6.07) is 7.82. The van der Waals surface area contributed by atoms with Gasteiger partial charge in [0.15, 0.2) is 11.5 Å². The van der Waals surface area contributed by atoms with Gasteiger partial charge in [-0.3, -0.25) is 4.79 Å². The van der Waals surface area contributed by atoms with E-state index in [1.54, 1.807) is 19.1 Å². The molecule has 0 saturated heterocycles. The van der Waals surface area contributed by atoms with E-state index in [0.29, 0.717) is 5.56 Å². The van der Waals surface area contributed by atoms with Crippen molar-refractivity contribution in [1.29, 1.82) is 10.5 Å². The standard InChI is InChI=1S/C16H15F2N3O3/c1-2-23-14-11-12(3-5-13(14)24-16(17)18)4-6-15(22)21(9-7-19)10-8-20/h3-6,11,16H,2,9-10H2,1H3. The van der Waals surface area contributed by atoms with Crippen LogP contribution in [-0.2, 0) is 4.79 Å². The summed E-state index contributed by atoms with van der Waals surface area (Å²) in [7, 11) is 0. The summed E-state index contributed by atoms with van der Waals surface area (Å²) in [5.74, 6) is -0.492. The number of nitrogens with zero attached hydrogens (tertiary/aromatic N) is 3. The van der Waals surface area contributed by atoms with Crippen LogP contribution in [0, 0.1) is 22.7 Å². The first-order valence-corrected chi connectivity index (χ1v) is 6.94. The number of benzene rings is 1. The topological polar surface area (TPSA) is 86.4 Å². The molecule has 24 heavy (non-hydrogen) atoms. The highest BCUT2D eigenvalue weighted by Crippen LogP contribution is 2.30. The molecule has 0 saturated carbocycles. The van der Waals surface area contributed by atoms with Gasteiger partial charge in [-0.05, 0) is 30.7 Å². The lowest BCUT2D eigenvalue weighted by Crippen LogP contribution is -2.30. The number of amides is 1. The molecule has 0 aromatic heterocycles. The van der Waals surface area contributed by atoms with E-state index in [1.807, 2.05) is 0 Å². The average Bonchev–Trinajstić information content (AvgIpc) is 2.54. The summed E-state index contributed by atoms with van der Waals surface area (Å²) in [5, 5.41) is 17.3. The summed E-state index contributed by atoms with van der Waals surface area (Å²) in [5.41, 5.74) is 0.516. The van der Waals surface area contributed by atoms with Crippen LogP contribution in [0.15, 0.2) is 24.3 Å². The number of ether oxygens (including phenoxy) is 2. The molecular weight excluding hydrogens is 320 g/mol. The number of rotatable bonds is 8. The van der Waals surface area contributed by atoms with Gasteiger partial charge < -0.3 is 14.4 Å². The van der Waals surface area contributed by atoms with Crippen LogP contribution in [0.3, 0.4) is 0 Å². The normalized spacial score (nSPS) is 10.2. The summed E-state index contributed by atoms with van der Waals surface area (Å²) in [4.78, 5) is 13.0. The van der Waals surface area contributed by atoms with E-state index in [2.05, 4.69) is 4.74 Å². The molecule has 1 amide bonds. The van der Waals surface area contributed by atoms with Crippen LogP contribution in [0.25, 0.3) is 6.08 Å². The molecule has 0 bridgehead atoms. The van der Waals surface area contributed by atoms with Crippen molar-refractivity contribution in [2.75, 3.05) is 19.7 Å². The largest absolute Gasteiger partial charge is 0.490 e. The lowest BCUT2D eigenvalue weighted by molar-refractivity contribution is -0.124. The molecule has 0 aliphatic heterocycles. The number of halogens is 2. The number of alkyl halides is 2. The lowest BCUT2D eigenvalue weighted by atomic mass is 10.2. The number of carbonyl (C=O) groups excluding carboxylic acids is 1. The average molecular weight is 335 g/mol. The van der Waals surface area contributed by atoms with E-state index in [1.165, 1.54) is 30.4 Å². The molecule has 1 aromatic rings. The third-order valence-corrected chi connectivity index (χ3v) is 2.74. The van der Waals surface area contributed by atoms with E-state index in [0.717, 1.165) is 4.90 Å². The van der Waals surface area contributed by atoms with Gasteiger partial charge in [-0.25, -0.2) is 0 Å². The van der Waals surface area contributed by atoms with Crippen LogP contribution in [0.5, 0.6) is 11.5 Å². The fourth-order valence-corrected chi connectivity index (χ4v) is 1.75. The summed E-state index contributed by atoms with van der Waals surface area (Å²) < 4.78 is 34.3. The van der Waals surface area contributed by atoms with E-state index in [4.69, 9.17) is 15.3 Å². The molecule has 0 fully saturated rings. The number of carbonyl (C=O) groups is 1. The molecule has 0 radical (unpaired) electrons. The van der Waals surface area contributed by atoms with Crippen LogP contribution >= 0.6 is 0 Å². The first-order valence-electron chi connectivity index (χ1n) is 6.94. The molecule has 0 atom stereocenters. The second-order valence-electron chi connectivity index (χ2n) is 4.36. The maximum Gasteiger partial charge on any atom is 0.387 e. The van der Waals surface area contributed by atoms with Gasteiger partial charge in [-0.15, -0.1) is 0 Å². The Balaban J connectivity index is 2.94. The number of nitriles is 2. The Bertz CT molecular complexity index is 662. The van der Waals surface area contributed by atoms with Crippen molar-refractivity contribution in [3.05, 3.63) is 29.8 Å². The molecular formula is C16H15F2N3O3. The molecule has 1 aromatic carbocycles. The number of hydrogen-bond donors (Lipinski definition) is 0. The first-order chi connectivity index (χ1) is 11.5.